The molecule has 1 aromatic rings. The number of imide groups is 1. The van der Waals surface area contributed by atoms with Crippen LogP contribution in [0.25, 0.3) is 0 Å². The van der Waals surface area contributed by atoms with E-state index in [0.717, 1.165) is 12.1 Å². The van der Waals surface area contributed by atoms with E-state index in [1.807, 2.05) is 6.92 Å². The number of hydrogen-bond donors (Lipinski definition) is 2. The fraction of sp³-hybridized carbons (Fsp3) is 0.562. The Kier molecular flexibility index (Phi) is 5.94. The second-order valence-corrected chi connectivity index (χ2v) is 6.78. The van der Waals surface area contributed by atoms with Crippen molar-refractivity contribution in [1.29, 1.82) is 0 Å². The number of amides is 2. The molecule has 0 spiro atoms. The van der Waals surface area contributed by atoms with Crippen molar-refractivity contribution in [3.05, 3.63) is 22.8 Å². The van der Waals surface area contributed by atoms with Gasteiger partial charge in [0.1, 0.15) is 12.2 Å². The molecule has 1 fully saturated rings. The first-order valence-electron chi connectivity index (χ1n) is 8.13. The van der Waals surface area contributed by atoms with Crippen molar-refractivity contribution >= 4 is 29.2 Å². The molecule has 1 aliphatic rings. The van der Waals surface area contributed by atoms with E-state index < -0.39 is 45.3 Å². The van der Waals surface area contributed by atoms with Gasteiger partial charge in [0.2, 0.25) is 0 Å². The Labute approximate surface area is 153 Å². The molecular formula is C16H20ClF3N3O3+. The van der Waals surface area contributed by atoms with Gasteiger partial charge in [-0.25, -0.2) is 20.0 Å². The van der Waals surface area contributed by atoms with Gasteiger partial charge in [-0.1, -0.05) is 18.5 Å². The summed E-state index contributed by atoms with van der Waals surface area (Å²) in [5.74, 6) is -1.52. The fourth-order valence-electron chi connectivity index (χ4n) is 2.85. The quantitative estimate of drug-likeness (QED) is 0.440. The molecule has 1 saturated heterocycles. The topological polar surface area (TPSA) is 79.3 Å². The molecule has 0 bridgehead atoms. The van der Waals surface area contributed by atoms with Gasteiger partial charge in [-0.3, -0.25) is 0 Å². The maximum absolute atomic E-state index is 12.7. The summed E-state index contributed by atoms with van der Waals surface area (Å²) in [5.41, 5.74) is 1.48. The summed E-state index contributed by atoms with van der Waals surface area (Å²) in [6.45, 7) is 1.81. The van der Waals surface area contributed by atoms with E-state index in [9.17, 15) is 27.9 Å². The Bertz CT molecular complexity index is 714. The van der Waals surface area contributed by atoms with Gasteiger partial charge in [0, 0.05) is 0 Å². The highest BCUT2D eigenvalue weighted by molar-refractivity contribution is 6.30. The zero-order chi connectivity index (χ0) is 19.7. The number of aliphatic hydroxyl groups is 1. The minimum absolute atomic E-state index is 0.00681. The minimum Gasteiger partial charge on any atom is -0.393 e. The van der Waals surface area contributed by atoms with Crippen LogP contribution in [-0.2, 0) is 15.8 Å². The number of pyridine rings is 1. The van der Waals surface area contributed by atoms with E-state index in [2.05, 4.69) is 10.4 Å². The van der Waals surface area contributed by atoms with E-state index in [1.165, 1.54) is 7.05 Å². The van der Waals surface area contributed by atoms with Gasteiger partial charge in [0.25, 0.3) is 0 Å². The number of quaternary nitrogens is 1. The maximum Gasteiger partial charge on any atom is 0.419 e. The molecule has 0 saturated carbocycles. The highest BCUT2D eigenvalue weighted by atomic mass is 35.5. The average Bonchev–Trinajstić information content (AvgIpc) is 2.75. The number of alkyl halides is 3. The number of nitrogens with zero attached hydrogens (tertiary/aromatic N) is 2. The SMILES string of the molecule is CCC(O)CCC1CC(=O)[N+](C)(Nc2ccc(C(F)(F)F)c(Cl)n2)C1=O. The van der Waals surface area contributed by atoms with Crippen LogP contribution in [0.2, 0.25) is 5.15 Å². The van der Waals surface area contributed by atoms with Crippen molar-refractivity contribution in [3.63, 3.8) is 0 Å². The predicted octanol–water partition coefficient (Wildman–Crippen LogP) is 3.15. The first-order chi connectivity index (χ1) is 12.0. The van der Waals surface area contributed by atoms with Gasteiger partial charge in [-0.05, 0) is 31.4 Å². The third-order valence-corrected chi connectivity index (χ3v) is 4.81. The minimum atomic E-state index is -4.65. The molecule has 2 amide bonds. The molecule has 3 atom stereocenters. The summed E-state index contributed by atoms with van der Waals surface area (Å²) < 4.78 is 37.4. The molecule has 26 heavy (non-hydrogen) atoms. The second-order valence-electron chi connectivity index (χ2n) is 6.42. The number of rotatable bonds is 6. The molecule has 0 radical (unpaired) electrons. The number of nitrogens with one attached hydrogen (secondary N) is 1. The highest BCUT2D eigenvalue weighted by Crippen LogP contribution is 2.35. The van der Waals surface area contributed by atoms with Crippen LogP contribution in [0.15, 0.2) is 12.1 Å². The largest absolute Gasteiger partial charge is 0.419 e. The molecule has 1 aliphatic heterocycles. The van der Waals surface area contributed by atoms with Gasteiger partial charge in [-0.15, -0.1) is 4.59 Å². The lowest BCUT2D eigenvalue weighted by Gasteiger charge is -2.24. The normalized spacial score (nSPS) is 24.8. The molecule has 6 nitrogen and oxygen atoms in total. The van der Waals surface area contributed by atoms with E-state index >= 15 is 0 Å². The molecular weight excluding hydrogens is 375 g/mol. The van der Waals surface area contributed by atoms with Crippen LogP contribution >= 0.6 is 11.6 Å². The molecule has 10 heteroatoms. The molecule has 144 valence electrons. The summed E-state index contributed by atoms with van der Waals surface area (Å²) in [6.07, 6.45) is -3.90. The number of aliphatic hydroxyl groups excluding tert-OH is 1. The van der Waals surface area contributed by atoms with Gasteiger partial charge in [0.05, 0.1) is 24.0 Å². The van der Waals surface area contributed by atoms with Crippen molar-refractivity contribution in [1.82, 2.24) is 4.98 Å². The van der Waals surface area contributed by atoms with Crippen LogP contribution in [0.5, 0.6) is 0 Å². The summed E-state index contributed by atoms with van der Waals surface area (Å²) >= 11 is 5.57. The molecule has 3 unspecified atom stereocenters. The Hall–Kier alpha value is -1.71. The summed E-state index contributed by atoms with van der Waals surface area (Å²) in [4.78, 5) is 28.6. The van der Waals surface area contributed by atoms with Crippen LogP contribution in [0.4, 0.5) is 19.0 Å². The number of carbonyl (C=O) groups is 2. The van der Waals surface area contributed by atoms with E-state index in [1.54, 1.807) is 0 Å². The molecule has 2 N–H and O–H groups in total. The van der Waals surface area contributed by atoms with Crippen LogP contribution < -0.4 is 5.43 Å². The van der Waals surface area contributed by atoms with Gasteiger partial charge in [0.15, 0.2) is 5.82 Å². The van der Waals surface area contributed by atoms with Crippen molar-refractivity contribution in [2.75, 3.05) is 12.5 Å². The van der Waals surface area contributed by atoms with Gasteiger partial charge >= 0.3 is 18.0 Å². The van der Waals surface area contributed by atoms with Crippen molar-refractivity contribution in [2.24, 2.45) is 5.92 Å². The highest BCUT2D eigenvalue weighted by Gasteiger charge is 2.53. The smallest absolute Gasteiger partial charge is 0.393 e. The second kappa shape index (κ2) is 7.50. The molecule has 0 aromatic carbocycles. The van der Waals surface area contributed by atoms with E-state index in [0.29, 0.717) is 19.3 Å². The standard InChI is InChI=1S/C16H20ClF3N3O3/c1-3-10(24)5-4-9-8-13(25)23(2,15(9)26)22-12-7-6-11(14(17)21-12)16(18,19)20/h6-7,9-10,24H,3-5,8H2,1-2H3,(H,21,22)/q+1. The number of carbonyl (C=O) groups excluding carboxylic acids is 2. The Balaban J connectivity index is 2.16. The molecule has 2 rings (SSSR count). The van der Waals surface area contributed by atoms with Gasteiger partial charge in [-0.2, -0.15) is 13.2 Å². The molecule has 1 aromatic heterocycles. The van der Waals surface area contributed by atoms with Crippen LogP contribution in [0.1, 0.15) is 38.2 Å². The third-order valence-electron chi connectivity index (χ3n) is 4.52. The Morgan fingerprint density at radius 2 is 2.08 bits per heavy atom. The number of anilines is 1. The molecule has 2 heterocycles. The predicted molar refractivity (Wildman–Crippen MR) is 87.7 cm³/mol. The Morgan fingerprint density at radius 1 is 1.42 bits per heavy atom. The van der Waals surface area contributed by atoms with Crippen molar-refractivity contribution in [3.8, 4) is 0 Å². The first kappa shape index (κ1) is 20.6. The van der Waals surface area contributed by atoms with E-state index in [4.69, 9.17) is 11.6 Å². The van der Waals surface area contributed by atoms with Crippen molar-refractivity contribution < 1.29 is 32.5 Å². The monoisotopic (exact) mass is 394 g/mol. The number of likely N-dealkylation sites (tertiary alicyclic amines) is 1. The lowest BCUT2D eigenvalue weighted by Crippen LogP contribution is -2.54. The lowest BCUT2D eigenvalue weighted by molar-refractivity contribution is -0.728. The van der Waals surface area contributed by atoms with Gasteiger partial charge < -0.3 is 5.11 Å². The average molecular weight is 395 g/mol. The Morgan fingerprint density at radius 3 is 2.62 bits per heavy atom. The van der Waals surface area contributed by atoms with Crippen molar-refractivity contribution in [2.45, 2.75) is 44.9 Å². The van der Waals surface area contributed by atoms with Crippen LogP contribution in [0.3, 0.4) is 0 Å². The zero-order valence-electron chi connectivity index (χ0n) is 14.3. The van der Waals surface area contributed by atoms with Crippen LogP contribution in [0, 0.1) is 5.92 Å². The zero-order valence-corrected chi connectivity index (χ0v) is 15.1. The summed E-state index contributed by atoms with van der Waals surface area (Å²) in [7, 11) is 1.33. The number of hydrogen-bond acceptors (Lipinski definition) is 5. The lowest BCUT2D eigenvalue weighted by atomic mass is 9.98. The number of aromatic nitrogens is 1. The number of halogens is 4. The third kappa shape index (κ3) is 4.16. The molecule has 0 aliphatic carbocycles. The first-order valence-corrected chi connectivity index (χ1v) is 8.51. The summed E-state index contributed by atoms with van der Waals surface area (Å²) in [6, 6.07) is 1.76. The maximum atomic E-state index is 12.7. The van der Waals surface area contributed by atoms with Crippen LogP contribution in [-0.4, -0.2) is 39.6 Å². The summed E-state index contributed by atoms with van der Waals surface area (Å²) in [5, 5.41) is 8.86. The fourth-order valence-corrected chi connectivity index (χ4v) is 3.11. The van der Waals surface area contributed by atoms with E-state index in [-0.39, 0.29) is 12.2 Å².